The second kappa shape index (κ2) is 5.24. The fourth-order valence-electron chi connectivity index (χ4n) is 2.29. The van der Waals surface area contributed by atoms with Gasteiger partial charge in [0.15, 0.2) is 0 Å². The zero-order valence-corrected chi connectivity index (χ0v) is 11.9. The molecule has 0 aromatic carbocycles. The highest BCUT2D eigenvalue weighted by Gasteiger charge is 2.43. The SMILES string of the molecule is CCc1cc(C(=O)N2CC(C)(OCC(=O)O)C2)n(C)n1. The van der Waals surface area contributed by atoms with E-state index >= 15 is 0 Å². The number of hydrogen-bond acceptors (Lipinski definition) is 4. The lowest BCUT2D eigenvalue weighted by molar-refractivity contribution is -0.160. The van der Waals surface area contributed by atoms with E-state index < -0.39 is 11.6 Å². The van der Waals surface area contributed by atoms with Crippen molar-refractivity contribution in [1.82, 2.24) is 14.7 Å². The van der Waals surface area contributed by atoms with Crippen LogP contribution in [0.15, 0.2) is 6.07 Å². The summed E-state index contributed by atoms with van der Waals surface area (Å²) in [5.74, 6) is -1.11. The third-order valence-corrected chi connectivity index (χ3v) is 3.39. The number of nitrogens with zero attached hydrogens (tertiary/aromatic N) is 3. The average Bonchev–Trinajstić information content (AvgIpc) is 2.73. The molecule has 1 aliphatic heterocycles. The molecule has 0 bridgehead atoms. The molecular weight excluding hydrogens is 262 g/mol. The molecule has 7 heteroatoms. The van der Waals surface area contributed by atoms with E-state index in [-0.39, 0.29) is 12.5 Å². The molecule has 1 aliphatic rings. The van der Waals surface area contributed by atoms with Crippen LogP contribution in [-0.4, -0.2) is 57.0 Å². The van der Waals surface area contributed by atoms with Crippen molar-refractivity contribution in [2.24, 2.45) is 7.05 Å². The fraction of sp³-hybridized carbons (Fsp3) is 0.615. The van der Waals surface area contributed by atoms with Gasteiger partial charge in [0, 0.05) is 7.05 Å². The van der Waals surface area contributed by atoms with Gasteiger partial charge in [-0.2, -0.15) is 5.10 Å². The Labute approximate surface area is 117 Å². The van der Waals surface area contributed by atoms with Crippen LogP contribution >= 0.6 is 0 Å². The monoisotopic (exact) mass is 281 g/mol. The molecule has 0 atom stereocenters. The third-order valence-electron chi connectivity index (χ3n) is 3.39. The van der Waals surface area contributed by atoms with Gasteiger partial charge in [-0.1, -0.05) is 6.92 Å². The van der Waals surface area contributed by atoms with Gasteiger partial charge in [-0.05, 0) is 19.4 Å². The molecule has 20 heavy (non-hydrogen) atoms. The second-order valence-corrected chi connectivity index (χ2v) is 5.29. The number of aliphatic carboxylic acids is 1. The number of aromatic nitrogens is 2. The Morgan fingerprint density at radius 3 is 2.65 bits per heavy atom. The molecule has 1 fully saturated rings. The molecule has 0 unspecified atom stereocenters. The van der Waals surface area contributed by atoms with Crippen LogP contribution in [0.3, 0.4) is 0 Å². The molecule has 7 nitrogen and oxygen atoms in total. The van der Waals surface area contributed by atoms with Crippen molar-refractivity contribution in [3.05, 3.63) is 17.5 Å². The summed E-state index contributed by atoms with van der Waals surface area (Å²) in [5, 5.41) is 12.8. The van der Waals surface area contributed by atoms with Gasteiger partial charge in [0.2, 0.25) is 0 Å². The number of likely N-dealkylation sites (tertiary alicyclic amines) is 1. The molecule has 1 aromatic heterocycles. The number of carbonyl (C=O) groups is 2. The molecule has 0 aliphatic carbocycles. The van der Waals surface area contributed by atoms with Gasteiger partial charge in [-0.15, -0.1) is 0 Å². The van der Waals surface area contributed by atoms with Gasteiger partial charge >= 0.3 is 5.97 Å². The van der Waals surface area contributed by atoms with Crippen molar-refractivity contribution in [1.29, 1.82) is 0 Å². The lowest BCUT2D eigenvalue weighted by Gasteiger charge is -2.47. The minimum absolute atomic E-state index is 0.101. The standard InChI is InChI=1S/C13H19N3O4/c1-4-9-5-10(15(3)14-9)12(19)16-7-13(2,8-16)20-6-11(17)18/h5H,4,6-8H2,1-3H3,(H,17,18). The van der Waals surface area contributed by atoms with Gasteiger partial charge in [-0.25, -0.2) is 4.79 Å². The van der Waals surface area contributed by atoms with E-state index in [1.807, 2.05) is 6.92 Å². The van der Waals surface area contributed by atoms with E-state index in [9.17, 15) is 9.59 Å². The molecule has 2 rings (SSSR count). The Morgan fingerprint density at radius 2 is 2.15 bits per heavy atom. The van der Waals surface area contributed by atoms with Gasteiger partial charge in [0.05, 0.1) is 18.8 Å². The number of carbonyl (C=O) groups excluding carboxylic acids is 1. The smallest absolute Gasteiger partial charge is 0.329 e. The van der Waals surface area contributed by atoms with Crippen molar-refractivity contribution in [3.63, 3.8) is 0 Å². The molecule has 2 heterocycles. The van der Waals surface area contributed by atoms with Crippen LogP contribution in [-0.2, 0) is 23.0 Å². The largest absolute Gasteiger partial charge is 0.480 e. The summed E-state index contributed by atoms with van der Waals surface area (Å²) >= 11 is 0. The summed E-state index contributed by atoms with van der Waals surface area (Å²) in [6.07, 6.45) is 0.778. The number of aryl methyl sites for hydroxylation is 2. The maximum atomic E-state index is 12.3. The normalized spacial score (nSPS) is 16.9. The van der Waals surface area contributed by atoms with Gasteiger partial charge in [0.25, 0.3) is 5.91 Å². The zero-order chi connectivity index (χ0) is 14.9. The summed E-state index contributed by atoms with van der Waals surface area (Å²) < 4.78 is 6.86. The molecule has 0 radical (unpaired) electrons. The summed E-state index contributed by atoms with van der Waals surface area (Å²) in [6, 6.07) is 1.79. The minimum atomic E-state index is -1.00. The van der Waals surface area contributed by atoms with Crippen LogP contribution in [0.25, 0.3) is 0 Å². The van der Waals surface area contributed by atoms with Gasteiger partial charge in [0.1, 0.15) is 17.9 Å². The molecule has 1 aromatic rings. The maximum absolute atomic E-state index is 12.3. The highest BCUT2D eigenvalue weighted by atomic mass is 16.5. The van der Waals surface area contributed by atoms with E-state index in [4.69, 9.17) is 9.84 Å². The maximum Gasteiger partial charge on any atom is 0.329 e. The van der Waals surface area contributed by atoms with Crippen LogP contribution < -0.4 is 0 Å². The van der Waals surface area contributed by atoms with Crippen LogP contribution in [0.2, 0.25) is 0 Å². The van der Waals surface area contributed by atoms with Gasteiger partial charge < -0.3 is 14.7 Å². The number of ether oxygens (including phenoxy) is 1. The topological polar surface area (TPSA) is 84.7 Å². The number of carboxylic acids is 1. The van der Waals surface area contributed by atoms with Crippen LogP contribution in [0.4, 0.5) is 0 Å². The first kappa shape index (κ1) is 14.5. The zero-order valence-electron chi connectivity index (χ0n) is 11.9. The highest BCUT2D eigenvalue weighted by molar-refractivity contribution is 5.93. The van der Waals surface area contributed by atoms with E-state index in [2.05, 4.69) is 5.10 Å². The first-order valence-electron chi connectivity index (χ1n) is 6.52. The Morgan fingerprint density at radius 1 is 1.50 bits per heavy atom. The van der Waals surface area contributed by atoms with Crippen molar-refractivity contribution in [3.8, 4) is 0 Å². The Bertz CT molecular complexity index is 532. The lowest BCUT2D eigenvalue weighted by atomic mass is 9.96. The predicted molar refractivity (Wildman–Crippen MR) is 70.5 cm³/mol. The van der Waals surface area contributed by atoms with Crippen molar-refractivity contribution in [2.45, 2.75) is 25.9 Å². The Balaban J connectivity index is 1.96. The van der Waals surface area contributed by atoms with E-state index in [1.54, 1.807) is 29.6 Å². The molecule has 1 saturated heterocycles. The van der Waals surface area contributed by atoms with Crippen LogP contribution in [0, 0.1) is 0 Å². The summed E-state index contributed by atoms with van der Waals surface area (Å²) in [7, 11) is 1.74. The van der Waals surface area contributed by atoms with Crippen LogP contribution in [0.5, 0.6) is 0 Å². The van der Waals surface area contributed by atoms with Crippen molar-refractivity contribution >= 4 is 11.9 Å². The molecule has 1 amide bonds. The molecule has 0 spiro atoms. The van der Waals surface area contributed by atoms with Crippen molar-refractivity contribution < 1.29 is 19.4 Å². The third kappa shape index (κ3) is 2.82. The quantitative estimate of drug-likeness (QED) is 0.839. The lowest BCUT2D eigenvalue weighted by Crippen LogP contribution is -2.63. The first-order valence-corrected chi connectivity index (χ1v) is 6.52. The molecule has 1 N–H and O–H groups in total. The average molecular weight is 281 g/mol. The Kier molecular flexibility index (Phi) is 3.80. The van der Waals surface area contributed by atoms with E-state index in [0.29, 0.717) is 18.8 Å². The molecular formula is C13H19N3O4. The summed E-state index contributed by atoms with van der Waals surface area (Å²) in [6.45, 7) is 4.24. The number of amides is 1. The number of rotatable bonds is 5. The Hall–Kier alpha value is -1.89. The fourth-order valence-corrected chi connectivity index (χ4v) is 2.29. The molecule has 0 saturated carbocycles. The summed E-state index contributed by atoms with van der Waals surface area (Å²) in [5.41, 5.74) is 0.851. The predicted octanol–water partition coefficient (Wildman–Crippen LogP) is 0.298. The number of carboxylic acid groups (broad SMARTS) is 1. The van der Waals surface area contributed by atoms with Gasteiger partial charge in [-0.3, -0.25) is 9.48 Å². The highest BCUT2D eigenvalue weighted by Crippen LogP contribution is 2.26. The second-order valence-electron chi connectivity index (χ2n) is 5.29. The first-order chi connectivity index (χ1) is 9.34. The van der Waals surface area contributed by atoms with Crippen molar-refractivity contribution in [2.75, 3.05) is 19.7 Å². The molecule has 110 valence electrons. The minimum Gasteiger partial charge on any atom is -0.480 e. The van der Waals surface area contributed by atoms with Crippen LogP contribution in [0.1, 0.15) is 30.0 Å². The van der Waals surface area contributed by atoms with E-state index in [1.165, 1.54) is 0 Å². The number of hydrogen-bond donors (Lipinski definition) is 1. The van der Waals surface area contributed by atoms with E-state index in [0.717, 1.165) is 12.1 Å². The summed E-state index contributed by atoms with van der Waals surface area (Å²) in [4.78, 5) is 24.4.